The van der Waals surface area contributed by atoms with E-state index in [1.54, 1.807) is 24.3 Å². The third-order valence-electron chi connectivity index (χ3n) is 6.33. The normalized spacial score (nSPS) is 13.4. The van der Waals surface area contributed by atoms with Crippen LogP contribution >= 0.6 is 11.6 Å². The molecule has 3 atom stereocenters. The molecule has 1 heterocycles. The van der Waals surface area contributed by atoms with Crippen LogP contribution in [0.15, 0.2) is 66.5 Å². The molecule has 1 aromatic heterocycles. The van der Waals surface area contributed by atoms with E-state index in [0.29, 0.717) is 11.3 Å². The van der Waals surface area contributed by atoms with E-state index in [9.17, 15) is 24.8 Å². The average molecular weight is 648 g/mol. The molecule has 0 radical (unpaired) electrons. The maximum Gasteiger partial charge on any atom is 0.262 e. The predicted octanol–water partition coefficient (Wildman–Crippen LogP) is 3.30. The maximum atomic E-state index is 13.4. The third-order valence-corrected chi connectivity index (χ3v) is 6.52. The largest absolute Gasteiger partial charge is 0.491 e. The lowest BCUT2D eigenvalue weighted by Crippen LogP contribution is -2.55. The van der Waals surface area contributed by atoms with Crippen LogP contribution in [0.3, 0.4) is 0 Å². The molecular formula is C33H38ClN7O5. The number of benzene rings is 2. The van der Waals surface area contributed by atoms with Gasteiger partial charge in [-0.05, 0) is 64.0 Å². The van der Waals surface area contributed by atoms with Gasteiger partial charge in [-0.1, -0.05) is 53.6 Å². The lowest BCUT2D eigenvalue weighted by Gasteiger charge is -2.25. The van der Waals surface area contributed by atoms with E-state index in [4.69, 9.17) is 16.3 Å². The number of nitriles is 1. The fraction of sp³-hybridized carbons (Fsp3) is 0.333. The Labute approximate surface area is 273 Å². The van der Waals surface area contributed by atoms with E-state index in [0.717, 1.165) is 11.1 Å². The lowest BCUT2D eigenvalue weighted by molar-refractivity contribution is -0.131. The van der Waals surface area contributed by atoms with Crippen molar-refractivity contribution in [2.45, 2.75) is 64.9 Å². The van der Waals surface area contributed by atoms with Crippen LogP contribution in [0, 0.1) is 18.3 Å². The van der Waals surface area contributed by atoms with Crippen molar-refractivity contribution < 1.29 is 24.2 Å². The molecular weight excluding hydrogens is 610 g/mol. The molecule has 0 bridgehead atoms. The minimum Gasteiger partial charge on any atom is -0.491 e. The molecule has 3 amide bonds. The minimum atomic E-state index is -1.21. The van der Waals surface area contributed by atoms with Crippen LogP contribution in [-0.2, 0) is 20.9 Å². The number of aliphatic hydroxyl groups excluding tert-OH is 1. The zero-order valence-electron chi connectivity index (χ0n) is 26.3. The average Bonchev–Trinajstić information content (AvgIpc) is 2.99. The van der Waals surface area contributed by atoms with Crippen LogP contribution in [0.5, 0.6) is 5.75 Å². The van der Waals surface area contributed by atoms with Gasteiger partial charge in [-0.2, -0.15) is 5.26 Å². The Kier molecular flexibility index (Phi) is 12.6. The van der Waals surface area contributed by atoms with Crippen LogP contribution in [0.25, 0.3) is 6.08 Å². The molecule has 0 saturated heterocycles. The summed E-state index contributed by atoms with van der Waals surface area (Å²) in [5, 5.41) is 31.0. The second kappa shape index (κ2) is 16.4. The number of hydrogen-bond acceptors (Lipinski definition) is 9. The first-order valence-corrected chi connectivity index (χ1v) is 14.8. The van der Waals surface area contributed by atoms with Gasteiger partial charge < -0.3 is 31.1 Å². The Morgan fingerprint density at radius 3 is 2.46 bits per heavy atom. The van der Waals surface area contributed by atoms with Gasteiger partial charge in [0.25, 0.3) is 5.91 Å². The van der Waals surface area contributed by atoms with Gasteiger partial charge in [-0.3, -0.25) is 19.4 Å². The second-order valence-corrected chi connectivity index (χ2v) is 12.0. The molecule has 12 nitrogen and oxygen atoms in total. The molecule has 3 unspecified atom stereocenters. The summed E-state index contributed by atoms with van der Waals surface area (Å²) in [7, 11) is 0. The molecule has 0 aliphatic rings. The molecule has 242 valence electrons. The topological polar surface area (TPSA) is 178 Å². The highest BCUT2D eigenvalue weighted by Crippen LogP contribution is 2.17. The fourth-order valence-electron chi connectivity index (χ4n) is 4.04. The smallest absolute Gasteiger partial charge is 0.262 e. The minimum absolute atomic E-state index is 0.0882. The molecule has 46 heavy (non-hydrogen) atoms. The number of halogens is 1. The quantitative estimate of drug-likeness (QED) is 0.137. The van der Waals surface area contributed by atoms with Gasteiger partial charge >= 0.3 is 0 Å². The molecule has 3 rings (SSSR count). The molecule has 0 spiro atoms. The van der Waals surface area contributed by atoms with Gasteiger partial charge in [0.05, 0.1) is 18.5 Å². The molecule has 0 aliphatic heterocycles. The van der Waals surface area contributed by atoms with E-state index in [-0.39, 0.29) is 29.7 Å². The van der Waals surface area contributed by atoms with Crippen molar-refractivity contribution in [2.75, 3.05) is 11.9 Å². The van der Waals surface area contributed by atoms with Crippen molar-refractivity contribution in [1.29, 1.82) is 5.26 Å². The fourth-order valence-corrected chi connectivity index (χ4v) is 4.18. The Bertz CT molecular complexity index is 1600. The highest BCUT2D eigenvalue weighted by molar-refractivity contribution is 6.29. The summed E-state index contributed by atoms with van der Waals surface area (Å²) in [6.07, 6.45) is 2.91. The second-order valence-electron chi connectivity index (χ2n) is 11.6. The number of rotatable bonds is 13. The summed E-state index contributed by atoms with van der Waals surface area (Å²) in [5.41, 5.74) is 1.83. The van der Waals surface area contributed by atoms with E-state index in [1.165, 1.54) is 25.4 Å². The van der Waals surface area contributed by atoms with Crippen molar-refractivity contribution in [1.82, 2.24) is 25.9 Å². The van der Waals surface area contributed by atoms with Crippen molar-refractivity contribution in [3.05, 3.63) is 88.3 Å². The SMILES string of the molecule is Cc1ccc(CNC(=O)C(COc2cccc(C=C(C#N)C(=O)NC(C)(C)C)c2)NC(=O)C(Nc2cncc(Cl)n2)C(C)O)cc1. The first kappa shape index (κ1) is 35.5. The Morgan fingerprint density at radius 1 is 1.11 bits per heavy atom. The van der Waals surface area contributed by atoms with Crippen molar-refractivity contribution in [2.24, 2.45) is 0 Å². The van der Waals surface area contributed by atoms with Crippen LogP contribution in [-0.4, -0.2) is 63.1 Å². The van der Waals surface area contributed by atoms with Gasteiger partial charge in [0.1, 0.15) is 47.1 Å². The van der Waals surface area contributed by atoms with Gasteiger partial charge in [0.15, 0.2) is 0 Å². The van der Waals surface area contributed by atoms with E-state index in [2.05, 4.69) is 31.2 Å². The van der Waals surface area contributed by atoms with Gasteiger partial charge in [0, 0.05) is 12.1 Å². The van der Waals surface area contributed by atoms with Gasteiger partial charge in [-0.15, -0.1) is 0 Å². The summed E-state index contributed by atoms with van der Waals surface area (Å²) in [4.78, 5) is 47.2. The number of nitrogens with zero attached hydrogens (tertiary/aromatic N) is 3. The van der Waals surface area contributed by atoms with Gasteiger partial charge in [-0.25, -0.2) is 4.98 Å². The Hall–Kier alpha value is -4.99. The van der Waals surface area contributed by atoms with Crippen LogP contribution in [0.1, 0.15) is 44.4 Å². The zero-order valence-corrected chi connectivity index (χ0v) is 27.1. The predicted molar refractivity (Wildman–Crippen MR) is 175 cm³/mol. The van der Waals surface area contributed by atoms with Crippen molar-refractivity contribution >= 4 is 41.2 Å². The number of carbonyl (C=O) groups excluding carboxylic acids is 3. The monoisotopic (exact) mass is 647 g/mol. The number of ether oxygens (including phenoxy) is 1. The number of carbonyl (C=O) groups is 3. The molecule has 3 aromatic rings. The number of amides is 3. The number of hydrogen-bond donors (Lipinski definition) is 5. The molecule has 5 N–H and O–H groups in total. The van der Waals surface area contributed by atoms with E-state index < -0.39 is 41.4 Å². The Morgan fingerprint density at radius 2 is 1.83 bits per heavy atom. The number of nitrogens with one attached hydrogen (secondary N) is 4. The summed E-state index contributed by atoms with van der Waals surface area (Å²) in [6, 6.07) is 13.7. The highest BCUT2D eigenvalue weighted by atomic mass is 35.5. The molecule has 0 saturated carbocycles. The summed E-state index contributed by atoms with van der Waals surface area (Å²) in [6.45, 7) is 8.73. The summed E-state index contributed by atoms with van der Waals surface area (Å²) >= 11 is 5.91. The molecule has 13 heteroatoms. The van der Waals surface area contributed by atoms with Crippen LogP contribution in [0.4, 0.5) is 5.82 Å². The zero-order chi connectivity index (χ0) is 33.9. The number of aryl methyl sites for hydroxylation is 1. The molecule has 0 aliphatic carbocycles. The first-order valence-electron chi connectivity index (χ1n) is 14.5. The van der Waals surface area contributed by atoms with Crippen molar-refractivity contribution in [3.63, 3.8) is 0 Å². The first-order chi connectivity index (χ1) is 21.7. The van der Waals surface area contributed by atoms with Gasteiger partial charge in [0.2, 0.25) is 11.8 Å². The third kappa shape index (κ3) is 11.5. The molecule has 0 fully saturated rings. The van der Waals surface area contributed by atoms with Crippen LogP contribution < -0.4 is 26.0 Å². The lowest BCUT2D eigenvalue weighted by atomic mass is 10.1. The maximum absolute atomic E-state index is 13.4. The van der Waals surface area contributed by atoms with E-state index >= 15 is 0 Å². The number of anilines is 1. The van der Waals surface area contributed by atoms with E-state index in [1.807, 2.05) is 58.0 Å². The van der Waals surface area contributed by atoms with Crippen LogP contribution in [0.2, 0.25) is 5.15 Å². The highest BCUT2D eigenvalue weighted by Gasteiger charge is 2.29. The number of aromatic nitrogens is 2. The summed E-state index contributed by atoms with van der Waals surface area (Å²) in [5.74, 6) is -1.26. The Balaban J connectivity index is 1.79. The number of aliphatic hydroxyl groups is 1. The van der Waals surface area contributed by atoms with Crippen molar-refractivity contribution in [3.8, 4) is 11.8 Å². The summed E-state index contributed by atoms with van der Waals surface area (Å²) < 4.78 is 5.92. The standard InChI is InChI=1S/C33H38ClN7O5/c1-20-9-11-22(12-10-20)16-37-31(44)26(38-32(45)29(21(2)42)40-28-18-36-17-27(34)39-28)19-46-25-8-6-7-23(14-25)13-24(15-35)30(43)41-33(3,4)5/h6-14,17-18,21,26,29,42H,16,19H2,1-5H3,(H,37,44)(H,38,45)(H,39,40)(H,41,43). The molecule has 2 aromatic carbocycles.